The summed E-state index contributed by atoms with van der Waals surface area (Å²) in [7, 11) is 0. The van der Waals surface area contributed by atoms with Crippen molar-refractivity contribution in [2.45, 2.75) is 44.6 Å². The summed E-state index contributed by atoms with van der Waals surface area (Å²) in [6, 6.07) is 0.157. The molecule has 1 aliphatic rings. The second-order valence-electron chi connectivity index (χ2n) is 3.70. The van der Waals surface area contributed by atoms with Crippen molar-refractivity contribution in [3.8, 4) is 0 Å². The summed E-state index contributed by atoms with van der Waals surface area (Å²) in [4.78, 5) is 4.30. The molecule has 1 heterocycles. The zero-order chi connectivity index (χ0) is 9.26. The van der Waals surface area contributed by atoms with Crippen molar-refractivity contribution in [1.82, 2.24) is 10.1 Å². The van der Waals surface area contributed by atoms with Crippen molar-refractivity contribution in [2.24, 2.45) is 5.73 Å². The zero-order valence-corrected chi connectivity index (χ0v) is 7.86. The van der Waals surface area contributed by atoms with Crippen molar-refractivity contribution < 1.29 is 4.52 Å². The average molecular weight is 181 g/mol. The summed E-state index contributed by atoms with van der Waals surface area (Å²) >= 11 is 0. The Labute approximate surface area is 77.5 Å². The van der Waals surface area contributed by atoms with Crippen LogP contribution in [0.3, 0.4) is 0 Å². The first-order valence-corrected chi connectivity index (χ1v) is 4.87. The molecule has 0 aliphatic heterocycles. The molecule has 4 heteroatoms. The van der Waals surface area contributed by atoms with Gasteiger partial charge in [0.25, 0.3) is 0 Å². The molecule has 0 spiro atoms. The summed E-state index contributed by atoms with van der Waals surface area (Å²) in [6.07, 6.45) is 4.07. The van der Waals surface area contributed by atoms with Gasteiger partial charge in [-0.3, -0.25) is 0 Å². The Kier molecular flexibility index (Phi) is 2.31. The molecule has 0 unspecified atom stereocenters. The number of rotatable bonds is 4. The number of hydrogen-bond donors (Lipinski definition) is 1. The SMILES string of the molecule is CC[C@H](N)Cc1noc(C2CC2)n1. The lowest BCUT2D eigenvalue weighted by molar-refractivity contribution is 0.372. The lowest BCUT2D eigenvalue weighted by Gasteiger charge is -2.02. The van der Waals surface area contributed by atoms with Gasteiger partial charge in [0.05, 0.1) is 0 Å². The fraction of sp³-hybridized carbons (Fsp3) is 0.778. The van der Waals surface area contributed by atoms with Crippen LogP contribution < -0.4 is 5.73 Å². The molecule has 2 rings (SSSR count). The highest BCUT2D eigenvalue weighted by Crippen LogP contribution is 2.38. The van der Waals surface area contributed by atoms with Crippen LogP contribution in [-0.2, 0) is 6.42 Å². The maximum absolute atomic E-state index is 5.78. The fourth-order valence-corrected chi connectivity index (χ4v) is 1.23. The van der Waals surface area contributed by atoms with Crippen LogP contribution in [0.1, 0.15) is 43.8 Å². The zero-order valence-electron chi connectivity index (χ0n) is 7.86. The predicted octanol–water partition coefficient (Wildman–Crippen LogP) is 1.23. The average Bonchev–Trinajstić information content (AvgIpc) is 2.88. The Morgan fingerprint density at radius 2 is 2.38 bits per heavy atom. The standard InChI is InChI=1S/C9H15N3O/c1-2-7(10)5-8-11-9(13-12-8)6-3-4-6/h6-7H,2-5,10H2,1H3/t7-/m0/s1. The van der Waals surface area contributed by atoms with E-state index in [1.165, 1.54) is 12.8 Å². The van der Waals surface area contributed by atoms with Crippen molar-refractivity contribution >= 4 is 0 Å². The fourth-order valence-electron chi connectivity index (χ4n) is 1.23. The van der Waals surface area contributed by atoms with E-state index in [9.17, 15) is 0 Å². The maximum Gasteiger partial charge on any atom is 0.229 e. The van der Waals surface area contributed by atoms with E-state index in [4.69, 9.17) is 10.3 Å². The van der Waals surface area contributed by atoms with Gasteiger partial charge in [-0.05, 0) is 19.3 Å². The maximum atomic E-state index is 5.78. The van der Waals surface area contributed by atoms with E-state index < -0.39 is 0 Å². The third-order valence-corrected chi connectivity index (χ3v) is 2.38. The van der Waals surface area contributed by atoms with E-state index in [1.807, 2.05) is 0 Å². The van der Waals surface area contributed by atoms with Gasteiger partial charge in [-0.15, -0.1) is 0 Å². The summed E-state index contributed by atoms with van der Waals surface area (Å²) in [5.74, 6) is 2.11. The van der Waals surface area contributed by atoms with Crippen molar-refractivity contribution in [1.29, 1.82) is 0 Å². The Morgan fingerprint density at radius 3 is 3.00 bits per heavy atom. The molecular weight excluding hydrogens is 166 g/mol. The van der Waals surface area contributed by atoms with Gasteiger partial charge in [0.2, 0.25) is 5.89 Å². The summed E-state index contributed by atoms with van der Waals surface area (Å²) in [5.41, 5.74) is 5.78. The minimum absolute atomic E-state index is 0.157. The predicted molar refractivity (Wildman–Crippen MR) is 48.2 cm³/mol. The lowest BCUT2D eigenvalue weighted by atomic mass is 10.2. The number of hydrogen-bond acceptors (Lipinski definition) is 4. The second-order valence-corrected chi connectivity index (χ2v) is 3.70. The van der Waals surface area contributed by atoms with Gasteiger partial charge in [0.15, 0.2) is 5.82 Å². The van der Waals surface area contributed by atoms with Crippen LogP contribution in [0.5, 0.6) is 0 Å². The highest BCUT2D eigenvalue weighted by molar-refractivity contribution is 5.02. The molecular formula is C9H15N3O. The van der Waals surface area contributed by atoms with Crippen LogP contribution in [0, 0.1) is 0 Å². The van der Waals surface area contributed by atoms with Gasteiger partial charge in [0, 0.05) is 18.4 Å². The Balaban J connectivity index is 1.96. The first-order valence-electron chi connectivity index (χ1n) is 4.87. The molecule has 1 aromatic rings. The molecule has 0 bridgehead atoms. The molecule has 0 radical (unpaired) electrons. The monoisotopic (exact) mass is 181 g/mol. The normalized spacial score (nSPS) is 18.9. The van der Waals surface area contributed by atoms with Crippen LogP contribution >= 0.6 is 0 Å². The molecule has 0 saturated heterocycles. The molecule has 1 fully saturated rings. The van der Waals surface area contributed by atoms with Crippen LogP contribution in [0.4, 0.5) is 0 Å². The third-order valence-electron chi connectivity index (χ3n) is 2.38. The Bertz CT molecular complexity index is 280. The Morgan fingerprint density at radius 1 is 1.62 bits per heavy atom. The van der Waals surface area contributed by atoms with Crippen LogP contribution in [0.15, 0.2) is 4.52 Å². The van der Waals surface area contributed by atoms with E-state index >= 15 is 0 Å². The minimum atomic E-state index is 0.157. The lowest BCUT2D eigenvalue weighted by Crippen LogP contribution is -2.21. The van der Waals surface area contributed by atoms with Crippen LogP contribution in [0.25, 0.3) is 0 Å². The third kappa shape index (κ3) is 2.06. The topological polar surface area (TPSA) is 64.9 Å². The first kappa shape index (κ1) is 8.69. The number of nitrogens with two attached hydrogens (primary N) is 1. The van der Waals surface area contributed by atoms with Crippen molar-refractivity contribution in [3.05, 3.63) is 11.7 Å². The van der Waals surface area contributed by atoms with E-state index in [0.717, 1.165) is 24.6 Å². The highest BCUT2D eigenvalue weighted by atomic mass is 16.5. The molecule has 1 aliphatic carbocycles. The van der Waals surface area contributed by atoms with Gasteiger partial charge in [0.1, 0.15) is 0 Å². The van der Waals surface area contributed by atoms with Crippen molar-refractivity contribution in [2.75, 3.05) is 0 Å². The van der Waals surface area contributed by atoms with Gasteiger partial charge in [-0.25, -0.2) is 0 Å². The summed E-state index contributed by atoms with van der Waals surface area (Å²) < 4.78 is 5.12. The van der Waals surface area contributed by atoms with Crippen LogP contribution in [0.2, 0.25) is 0 Å². The molecule has 0 aromatic carbocycles. The Hall–Kier alpha value is -0.900. The molecule has 0 amide bonds. The molecule has 72 valence electrons. The van der Waals surface area contributed by atoms with E-state index in [2.05, 4.69) is 17.1 Å². The van der Waals surface area contributed by atoms with Gasteiger partial charge in [-0.2, -0.15) is 4.98 Å². The largest absolute Gasteiger partial charge is 0.339 e. The van der Waals surface area contributed by atoms with Gasteiger partial charge in [-0.1, -0.05) is 12.1 Å². The molecule has 1 aromatic heterocycles. The first-order chi connectivity index (χ1) is 6.29. The highest BCUT2D eigenvalue weighted by Gasteiger charge is 2.29. The minimum Gasteiger partial charge on any atom is -0.339 e. The van der Waals surface area contributed by atoms with E-state index in [0.29, 0.717) is 5.92 Å². The molecule has 13 heavy (non-hydrogen) atoms. The summed E-state index contributed by atoms with van der Waals surface area (Å²) in [6.45, 7) is 2.06. The van der Waals surface area contributed by atoms with E-state index in [-0.39, 0.29) is 6.04 Å². The van der Waals surface area contributed by atoms with E-state index in [1.54, 1.807) is 0 Å². The number of nitrogens with zero attached hydrogens (tertiary/aromatic N) is 2. The second kappa shape index (κ2) is 3.46. The number of aromatic nitrogens is 2. The smallest absolute Gasteiger partial charge is 0.229 e. The molecule has 4 nitrogen and oxygen atoms in total. The molecule has 1 atom stereocenters. The molecule has 2 N–H and O–H groups in total. The summed E-state index contributed by atoms with van der Waals surface area (Å²) in [5, 5.41) is 3.90. The van der Waals surface area contributed by atoms with Gasteiger partial charge < -0.3 is 10.3 Å². The van der Waals surface area contributed by atoms with Crippen LogP contribution in [-0.4, -0.2) is 16.2 Å². The van der Waals surface area contributed by atoms with Crippen molar-refractivity contribution in [3.63, 3.8) is 0 Å². The van der Waals surface area contributed by atoms with Gasteiger partial charge >= 0.3 is 0 Å². The quantitative estimate of drug-likeness (QED) is 0.758. The molecule has 1 saturated carbocycles.